The maximum absolute atomic E-state index is 12.5. The molecule has 0 N–H and O–H groups in total. The van der Waals surface area contributed by atoms with E-state index in [0.29, 0.717) is 13.1 Å². The largest absolute Gasteiger partial charge is 0.423 e. The van der Waals surface area contributed by atoms with Crippen LogP contribution < -0.4 is 0 Å². The van der Waals surface area contributed by atoms with Gasteiger partial charge in [0.05, 0.1) is 5.92 Å². The van der Waals surface area contributed by atoms with E-state index in [9.17, 15) is 9.59 Å². The molecule has 0 spiro atoms. The van der Waals surface area contributed by atoms with Crippen LogP contribution in [0.3, 0.4) is 0 Å². The van der Waals surface area contributed by atoms with Crippen molar-refractivity contribution in [1.29, 1.82) is 0 Å². The van der Waals surface area contributed by atoms with Gasteiger partial charge in [-0.05, 0) is 25.7 Å². The summed E-state index contributed by atoms with van der Waals surface area (Å²) in [6.45, 7) is 11.9. The summed E-state index contributed by atoms with van der Waals surface area (Å²) in [4.78, 5) is 25.9. The van der Waals surface area contributed by atoms with Gasteiger partial charge in [-0.25, -0.2) is 4.79 Å². The van der Waals surface area contributed by atoms with E-state index in [2.05, 4.69) is 38.2 Å². The third kappa shape index (κ3) is 11.4. The highest BCUT2D eigenvalue weighted by Gasteiger charge is 2.30. The first-order valence-electron chi connectivity index (χ1n) is 9.24. The second kappa shape index (κ2) is 12.6. The van der Waals surface area contributed by atoms with Gasteiger partial charge < -0.3 is 14.4 Å². The molecule has 0 rings (SSSR count). The molecule has 5 nitrogen and oxygen atoms in total. The van der Waals surface area contributed by atoms with Gasteiger partial charge in [-0.3, -0.25) is 4.79 Å². The molecule has 0 bridgehead atoms. The van der Waals surface area contributed by atoms with E-state index >= 15 is 0 Å². The lowest BCUT2D eigenvalue weighted by Gasteiger charge is -2.29. The molecule has 0 radical (unpaired) electrons. The Balaban J connectivity index is 4.77. The van der Waals surface area contributed by atoms with Crippen LogP contribution >= 0.6 is 0 Å². The lowest BCUT2D eigenvalue weighted by Crippen LogP contribution is -2.41. The van der Waals surface area contributed by atoms with Crippen molar-refractivity contribution in [3.8, 4) is 0 Å². The first kappa shape index (κ1) is 23.2. The molecule has 0 aliphatic rings. The van der Waals surface area contributed by atoms with Gasteiger partial charge >= 0.3 is 12.1 Å². The number of hydrogen-bond acceptors (Lipinski definition) is 4. The molecular weight excluding hydrogens is 318 g/mol. The van der Waals surface area contributed by atoms with Crippen LogP contribution in [-0.4, -0.2) is 35.8 Å². The molecule has 0 aliphatic heterocycles. The van der Waals surface area contributed by atoms with Crippen LogP contribution in [0.5, 0.6) is 0 Å². The molecule has 5 heteroatoms. The van der Waals surface area contributed by atoms with Crippen molar-refractivity contribution in [3.63, 3.8) is 0 Å². The van der Waals surface area contributed by atoms with E-state index in [1.54, 1.807) is 32.6 Å². The highest BCUT2D eigenvalue weighted by Crippen LogP contribution is 2.16. The Morgan fingerprint density at radius 2 is 1.40 bits per heavy atom. The van der Waals surface area contributed by atoms with Crippen molar-refractivity contribution in [2.75, 3.05) is 13.1 Å². The number of carbonyl (C=O) groups excluding carboxylic acids is 2. The van der Waals surface area contributed by atoms with E-state index < -0.39 is 11.9 Å². The average molecular weight is 354 g/mol. The molecule has 0 aromatic rings. The van der Waals surface area contributed by atoms with E-state index in [1.807, 2.05) is 0 Å². The van der Waals surface area contributed by atoms with Crippen LogP contribution in [-0.2, 0) is 14.3 Å². The molecule has 0 fully saturated rings. The number of allylic oxidation sites excluding steroid dienone is 2. The number of rotatable bonds is 11. The smallest absolute Gasteiger partial charge is 0.413 e. The van der Waals surface area contributed by atoms with Crippen molar-refractivity contribution >= 4 is 12.1 Å². The molecule has 25 heavy (non-hydrogen) atoms. The van der Waals surface area contributed by atoms with Gasteiger partial charge in [0.25, 0.3) is 5.79 Å². The van der Waals surface area contributed by atoms with Crippen LogP contribution in [0.1, 0.15) is 67.2 Å². The van der Waals surface area contributed by atoms with Crippen molar-refractivity contribution in [2.24, 2.45) is 5.92 Å². The molecule has 0 heterocycles. The average Bonchev–Trinajstić information content (AvgIpc) is 2.52. The second-order valence-corrected chi connectivity index (χ2v) is 6.67. The maximum Gasteiger partial charge on any atom is 0.413 e. The lowest BCUT2D eigenvalue weighted by atomic mass is 10.2. The first-order valence-corrected chi connectivity index (χ1v) is 9.24. The van der Waals surface area contributed by atoms with E-state index in [0.717, 1.165) is 25.7 Å². The standard InChI is InChI=1S/C20H35NO4/c1-7-9-11-13-15-21(16-14-12-10-8-2)19(23)25-20(5,6)24-18(22)17(3)4/h9-12,17H,7-8,13-16H2,1-6H3. The SMILES string of the molecule is CCC=CCCN(CCC=CCC)C(=O)OC(C)(C)OC(=O)C(C)C. The summed E-state index contributed by atoms with van der Waals surface area (Å²) in [6.07, 6.45) is 11.3. The molecule has 0 atom stereocenters. The Kier molecular flexibility index (Phi) is 11.7. The quantitative estimate of drug-likeness (QED) is 0.295. The Morgan fingerprint density at radius 1 is 0.920 bits per heavy atom. The number of esters is 1. The Morgan fingerprint density at radius 3 is 1.80 bits per heavy atom. The molecule has 0 unspecified atom stereocenters. The van der Waals surface area contributed by atoms with Gasteiger partial charge in [-0.2, -0.15) is 0 Å². The zero-order chi connectivity index (χ0) is 19.3. The summed E-state index contributed by atoms with van der Waals surface area (Å²) in [6, 6.07) is 0. The Hall–Kier alpha value is -1.78. The third-order valence-electron chi connectivity index (χ3n) is 3.35. The van der Waals surface area contributed by atoms with Gasteiger partial charge in [-0.1, -0.05) is 52.0 Å². The first-order chi connectivity index (χ1) is 11.7. The number of ether oxygens (including phenoxy) is 2. The minimum absolute atomic E-state index is 0.271. The molecule has 0 aromatic heterocycles. The van der Waals surface area contributed by atoms with Crippen molar-refractivity contribution < 1.29 is 19.1 Å². The summed E-state index contributed by atoms with van der Waals surface area (Å²) < 4.78 is 10.7. The van der Waals surface area contributed by atoms with Gasteiger partial charge in [0.1, 0.15) is 0 Å². The van der Waals surface area contributed by atoms with Crippen molar-refractivity contribution in [3.05, 3.63) is 24.3 Å². The summed E-state index contributed by atoms with van der Waals surface area (Å²) in [5.41, 5.74) is 0. The topological polar surface area (TPSA) is 55.8 Å². The van der Waals surface area contributed by atoms with E-state index in [1.165, 1.54) is 0 Å². The lowest BCUT2D eigenvalue weighted by molar-refractivity contribution is -0.200. The summed E-state index contributed by atoms with van der Waals surface area (Å²) in [5.74, 6) is -1.94. The molecule has 0 aromatic carbocycles. The zero-order valence-corrected chi connectivity index (χ0v) is 16.7. The van der Waals surface area contributed by atoms with Crippen molar-refractivity contribution in [2.45, 2.75) is 73.0 Å². The predicted molar refractivity (Wildman–Crippen MR) is 101 cm³/mol. The fourth-order valence-corrected chi connectivity index (χ4v) is 1.98. The Labute approximate surface area is 153 Å². The van der Waals surface area contributed by atoms with Gasteiger partial charge in [0, 0.05) is 26.9 Å². The predicted octanol–water partition coefficient (Wildman–Crippen LogP) is 5.07. The van der Waals surface area contributed by atoms with Crippen LogP contribution in [0.25, 0.3) is 0 Å². The van der Waals surface area contributed by atoms with Crippen LogP contribution in [0, 0.1) is 5.92 Å². The van der Waals surface area contributed by atoms with Gasteiger partial charge in [0.2, 0.25) is 0 Å². The highest BCUT2D eigenvalue weighted by molar-refractivity contribution is 5.72. The normalized spacial score (nSPS) is 12.1. The molecule has 144 valence electrons. The Bertz CT molecular complexity index is 435. The van der Waals surface area contributed by atoms with Gasteiger partial charge in [-0.15, -0.1) is 0 Å². The third-order valence-corrected chi connectivity index (χ3v) is 3.35. The number of hydrogen-bond donors (Lipinski definition) is 0. The zero-order valence-electron chi connectivity index (χ0n) is 16.7. The molecular formula is C20H35NO4. The number of nitrogens with zero attached hydrogens (tertiary/aromatic N) is 1. The molecule has 0 saturated carbocycles. The van der Waals surface area contributed by atoms with Crippen LogP contribution in [0.15, 0.2) is 24.3 Å². The molecule has 1 amide bonds. The van der Waals surface area contributed by atoms with E-state index in [-0.39, 0.29) is 11.9 Å². The van der Waals surface area contributed by atoms with Gasteiger partial charge in [0.15, 0.2) is 0 Å². The number of amides is 1. The highest BCUT2D eigenvalue weighted by atomic mass is 16.7. The summed E-state index contributed by atoms with van der Waals surface area (Å²) in [5, 5.41) is 0. The minimum Gasteiger partial charge on any atom is -0.423 e. The minimum atomic E-state index is -1.28. The van der Waals surface area contributed by atoms with Crippen molar-refractivity contribution in [1.82, 2.24) is 4.90 Å². The monoisotopic (exact) mass is 353 g/mol. The molecule has 0 saturated heterocycles. The maximum atomic E-state index is 12.5. The fourth-order valence-electron chi connectivity index (χ4n) is 1.98. The van der Waals surface area contributed by atoms with Crippen LogP contribution in [0.4, 0.5) is 4.79 Å². The fraction of sp³-hybridized carbons (Fsp3) is 0.700. The summed E-state index contributed by atoms with van der Waals surface area (Å²) in [7, 11) is 0. The van der Waals surface area contributed by atoms with E-state index in [4.69, 9.17) is 9.47 Å². The van der Waals surface area contributed by atoms with Crippen LogP contribution in [0.2, 0.25) is 0 Å². The molecule has 0 aliphatic carbocycles. The number of carbonyl (C=O) groups is 2. The summed E-state index contributed by atoms with van der Waals surface area (Å²) >= 11 is 0. The second-order valence-electron chi connectivity index (χ2n) is 6.67.